The van der Waals surface area contributed by atoms with E-state index in [1.54, 1.807) is 0 Å². The number of aliphatic carboxylic acids is 1. The predicted molar refractivity (Wildman–Crippen MR) is 151 cm³/mol. The summed E-state index contributed by atoms with van der Waals surface area (Å²) in [6.45, 7) is 2.30. The Labute approximate surface area is 251 Å². The van der Waals surface area contributed by atoms with Gasteiger partial charge in [-0.05, 0) is 88.2 Å². The number of rotatable bonds is 4. The van der Waals surface area contributed by atoms with E-state index in [0.717, 1.165) is 57.3 Å². The van der Waals surface area contributed by atoms with Crippen molar-refractivity contribution in [2.75, 3.05) is 49.6 Å². The zero-order chi connectivity index (χ0) is 31.6. The summed E-state index contributed by atoms with van der Waals surface area (Å²) >= 11 is 6.43. The molecule has 15 heteroatoms. The normalized spacial score (nSPS) is 24.6. The SMILES string of the molecule is CN(c1ccc(Cl)c(N2CCC(=O)NC2=O)c1)C1CCC2(CC1)CCN(C1CCNCC1(F)F)CC2.O=C(O)C(F)(F)F. The number of anilines is 2. The lowest BCUT2D eigenvalue weighted by Gasteiger charge is -2.50. The number of urea groups is 1. The number of imide groups is 1. The Morgan fingerprint density at radius 2 is 1.70 bits per heavy atom. The molecule has 1 saturated carbocycles. The van der Waals surface area contributed by atoms with Gasteiger partial charge in [-0.15, -0.1) is 0 Å². The molecular formula is C28H37ClF5N5O4. The van der Waals surface area contributed by atoms with Gasteiger partial charge < -0.3 is 15.3 Å². The van der Waals surface area contributed by atoms with Gasteiger partial charge in [-0.2, -0.15) is 13.2 Å². The van der Waals surface area contributed by atoms with E-state index < -0.39 is 30.1 Å². The number of hydrogen-bond donors (Lipinski definition) is 3. The lowest BCUT2D eigenvalue weighted by atomic mass is 9.66. The molecule has 1 aromatic rings. The molecule has 9 nitrogen and oxygen atoms in total. The number of carboxylic acids is 1. The highest BCUT2D eigenvalue weighted by Gasteiger charge is 2.48. The second kappa shape index (κ2) is 13.1. The van der Waals surface area contributed by atoms with Crippen LogP contribution in [0, 0.1) is 5.41 Å². The largest absolute Gasteiger partial charge is 0.490 e. The zero-order valence-electron chi connectivity index (χ0n) is 23.9. The van der Waals surface area contributed by atoms with Crippen LogP contribution in [0.4, 0.5) is 38.1 Å². The summed E-state index contributed by atoms with van der Waals surface area (Å²) in [5.41, 5.74) is 1.86. The third-order valence-corrected chi connectivity index (χ3v) is 9.55. The average molecular weight is 638 g/mol. The summed E-state index contributed by atoms with van der Waals surface area (Å²) in [6.07, 6.45) is 2.00. The Morgan fingerprint density at radius 1 is 1.07 bits per heavy atom. The molecular weight excluding hydrogens is 601 g/mol. The monoisotopic (exact) mass is 637 g/mol. The number of nitrogens with zero attached hydrogens (tertiary/aromatic N) is 3. The number of nitrogens with one attached hydrogen (secondary N) is 2. The van der Waals surface area contributed by atoms with Crippen molar-refractivity contribution in [3.63, 3.8) is 0 Å². The minimum Gasteiger partial charge on any atom is -0.475 e. The van der Waals surface area contributed by atoms with Gasteiger partial charge >= 0.3 is 18.2 Å². The van der Waals surface area contributed by atoms with Gasteiger partial charge in [0.15, 0.2) is 0 Å². The minimum atomic E-state index is -5.08. The third-order valence-electron chi connectivity index (χ3n) is 9.23. The molecule has 5 rings (SSSR count). The van der Waals surface area contributed by atoms with Crippen molar-refractivity contribution in [2.24, 2.45) is 5.41 Å². The molecule has 240 valence electrons. The lowest BCUT2D eigenvalue weighted by Crippen LogP contribution is -2.59. The Kier molecular flexibility index (Phi) is 10.1. The van der Waals surface area contributed by atoms with E-state index in [4.69, 9.17) is 21.5 Å². The number of halogens is 6. The number of carbonyl (C=O) groups excluding carboxylic acids is 2. The van der Waals surface area contributed by atoms with Crippen LogP contribution in [0.3, 0.4) is 0 Å². The fourth-order valence-electron chi connectivity index (χ4n) is 6.62. The molecule has 0 bridgehead atoms. The zero-order valence-corrected chi connectivity index (χ0v) is 24.6. The van der Waals surface area contributed by atoms with Crippen molar-refractivity contribution in [2.45, 2.75) is 75.5 Å². The molecule has 1 atom stereocenters. The van der Waals surface area contributed by atoms with E-state index in [9.17, 15) is 31.5 Å². The molecule has 3 amide bonds. The summed E-state index contributed by atoms with van der Waals surface area (Å²) in [5, 5.41) is 12.8. The second-order valence-electron chi connectivity index (χ2n) is 11.8. The number of hydrogen-bond acceptors (Lipinski definition) is 6. The first kappa shape index (κ1) is 33.2. The average Bonchev–Trinajstić information content (AvgIpc) is 2.94. The molecule has 4 aliphatic rings. The molecule has 3 aliphatic heterocycles. The van der Waals surface area contributed by atoms with Gasteiger partial charge in [-0.3, -0.25) is 19.9 Å². The molecule has 1 spiro atoms. The maximum absolute atomic E-state index is 14.4. The van der Waals surface area contributed by atoms with Crippen LogP contribution in [0.2, 0.25) is 5.02 Å². The second-order valence-corrected chi connectivity index (χ2v) is 12.2. The molecule has 3 saturated heterocycles. The molecule has 3 N–H and O–H groups in total. The summed E-state index contributed by atoms with van der Waals surface area (Å²) < 4.78 is 60.6. The van der Waals surface area contributed by atoms with Gasteiger partial charge in [-0.1, -0.05) is 11.6 Å². The van der Waals surface area contributed by atoms with Crippen molar-refractivity contribution < 1.29 is 41.4 Å². The van der Waals surface area contributed by atoms with Crippen LogP contribution in [-0.4, -0.2) is 91.9 Å². The summed E-state index contributed by atoms with van der Waals surface area (Å²) in [7, 11) is 2.08. The number of carboxylic acid groups (broad SMARTS) is 1. The quantitative estimate of drug-likeness (QED) is 0.405. The number of alkyl halides is 5. The van der Waals surface area contributed by atoms with E-state index in [-0.39, 0.29) is 24.3 Å². The van der Waals surface area contributed by atoms with Crippen molar-refractivity contribution in [3.8, 4) is 0 Å². The first-order chi connectivity index (χ1) is 20.1. The van der Waals surface area contributed by atoms with Crippen LogP contribution < -0.4 is 20.4 Å². The molecule has 0 aromatic heterocycles. The standard InChI is InChI=1S/C26H36ClF2N5O2.C2HF3O2/c1-32(19-2-3-20(27)21(16-19)34-13-7-23(35)31-24(34)36)18-4-8-25(9-5-18)10-14-33(15-11-25)22-6-12-30-17-26(22,28)29;3-2(4,5)1(6)7/h2-3,16,18,22,30H,4-15,17H2,1H3,(H,31,35,36);(H,6,7). The third kappa shape index (κ3) is 7.88. The van der Waals surface area contributed by atoms with Crippen molar-refractivity contribution >= 4 is 40.9 Å². The summed E-state index contributed by atoms with van der Waals surface area (Å²) in [5.74, 6) is -5.68. The maximum Gasteiger partial charge on any atom is 0.490 e. The molecule has 0 radical (unpaired) electrons. The Hall–Kier alpha value is -2.71. The van der Waals surface area contributed by atoms with Gasteiger partial charge in [0.1, 0.15) is 0 Å². The number of amides is 3. The van der Waals surface area contributed by atoms with Crippen LogP contribution in [0.5, 0.6) is 0 Å². The number of likely N-dealkylation sites (tertiary alicyclic amines) is 1. The van der Waals surface area contributed by atoms with Gasteiger partial charge in [0.05, 0.1) is 23.3 Å². The van der Waals surface area contributed by atoms with E-state index >= 15 is 0 Å². The topological polar surface area (TPSA) is 105 Å². The van der Waals surface area contributed by atoms with E-state index in [1.807, 2.05) is 23.1 Å². The Morgan fingerprint density at radius 3 is 2.26 bits per heavy atom. The maximum atomic E-state index is 14.4. The number of carbonyl (C=O) groups is 3. The smallest absolute Gasteiger partial charge is 0.475 e. The summed E-state index contributed by atoms with van der Waals surface area (Å²) in [6, 6.07) is 5.01. The van der Waals surface area contributed by atoms with Crippen molar-refractivity contribution in [1.29, 1.82) is 0 Å². The predicted octanol–water partition coefficient (Wildman–Crippen LogP) is 4.88. The minimum absolute atomic E-state index is 0.208. The molecule has 1 aliphatic carbocycles. The van der Waals surface area contributed by atoms with Gasteiger partial charge in [0.25, 0.3) is 5.92 Å². The van der Waals surface area contributed by atoms with Gasteiger partial charge in [-0.25, -0.2) is 18.4 Å². The van der Waals surface area contributed by atoms with Crippen LogP contribution in [-0.2, 0) is 9.59 Å². The summed E-state index contributed by atoms with van der Waals surface area (Å²) in [4.78, 5) is 38.6. The van der Waals surface area contributed by atoms with Crippen LogP contribution in [0.1, 0.15) is 51.4 Å². The molecule has 43 heavy (non-hydrogen) atoms. The highest BCUT2D eigenvalue weighted by Crippen LogP contribution is 2.47. The number of benzene rings is 1. The van der Waals surface area contributed by atoms with Gasteiger partial charge in [0, 0.05) is 31.7 Å². The van der Waals surface area contributed by atoms with Crippen molar-refractivity contribution in [1.82, 2.24) is 15.5 Å². The van der Waals surface area contributed by atoms with Crippen LogP contribution in [0.15, 0.2) is 18.2 Å². The molecule has 3 heterocycles. The lowest BCUT2D eigenvalue weighted by molar-refractivity contribution is -0.192. The Balaban J connectivity index is 0.000000541. The molecule has 1 aromatic carbocycles. The highest BCUT2D eigenvalue weighted by atomic mass is 35.5. The van der Waals surface area contributed by atoms with E-state index in [1.165, 1.54) is 4.90 Å². The van der Waals surface area contributed by atoms with Crippen LogP contribution in [0.25, 0.3) is 0 Å². The van der Waals surface area contributed by atoms with E-state index in [0.29, 0.717) is 36.3 Å². The molecule has 4 fully saturated rings. The fourth-order valence-corrected chi connectivity index (χ4v) is 6.84. The highest BCUT2D eigenvalue weighted by molar-refractivity contribution is 6.34. The van der Waals surface area contributed by atoms with Gasteiger partial charge in [0.2, 0.25) is 5.91 Å². The first-order valence-corrected chi connectivity index (χ1v) is 14.8. The van der Waals surface area contributed by atoms with E-state index in [2.05, 4.69) is 22.6 Å². The first-order valence-electron chi connectivity index (χ1n) is 14.4. The number of piperidine rings is 2. The Bertz CT molecular complexity index is 1180. The molecule has 1 unspecified atom stereocenters. The van der Waals surface area contributed by atoms with Crippen molar-refractivity contribution in [3.05, 3.63) is 23.2 Å². The fraction of sp³-hybridized carbons (Fsp3) is 0.679. The van der Waals surface area contributed by atoms with Crippen LogP contribution >= 0.6 is 11.6 Å².